The van der Waals surface area contributed by atoms with Crippen LogP contribution in [0.1, 0.15) is 58.3 Å². The normalized spacial score (nSPS) is 36.8. The highest BCUT2D eigenvalue weighted by Gasteiger charge is 2.32. The quantitative estimate of drug-likeness (QED) is 0.795. The maximum atomic E-state index is 5.63. The molecule has 0 aromatic carbocycles. The topological polar surface area (TPSA) is 29.3 Å². The van der Waals surface area contributed by atoms with Gasteiger partial charge >= 0.3 is 0 Å². The molecule has 0 spiro atoms. The molecule has 1 aliphatic heterocycles. The number of likely N-dealkylation sites (tertiary alicyclic amines) is 1. The predicted molar refractivity (Wildman–Crippen MR) is 69.4 cm³/mol. The van der Waals surface area contributed by atoms with Crippen LogP contribution in [0, 0.1) is 5.92 Å². The first-order valence-electron chi connectivity index (χ1n) is 7.27. The summed E-state index contributed by atoms with van der Waals surface area (Å²) in [5.41, 5.74) is 5.63. The second-order valence-corrected chi connectivity index (χ2v) is 5.89. The smallest absolute Gasteiger partial charge is 0.0101 e. The lowest BCUT2D eigenvalue weighted by Crippen LogP contribution is -2.41. The van der Waals surface area contributed by atoms with Gasteiger partial charge < -0.3 is 5.73 Å². The molecule has 1 aliphatic carbocycles. The van der Waals surface area contributed by atoms with E-state index in [0.29, 0.717) is 0 Å². The Morgan fingerprint density at radius 3 is 2.81 bits per heavy atom. The van der Waals surface area contributed by atoms with Crippen molar-refractivity contribution in [2.45, 2.75) is 70.4 Å². The second kappa shape index (κ2) is 6.02. The molecular weight excluding hydrogens is 196 g/mol. The molecule has 3 unspecified atom stereocenters. The van der Waals surface area contributed by atoms with E-state index in [0.717, 1.165) is 24.5 Å². The lowest BCUT2D eigenvalue weighted by Gasteiger charge is -2.37. The second-order valence-electron chi connectivity index (χ2n) is 5.89. The average Bonchev–Trinajstić information content (AvgIpc) is 2.74. The summed E-state index contributed by atoms with van der Waals surface area (Å²) in [4.78, 5) is 2.82. The van der Waals surface area contributed by atoms with E-state index in [4.69, 9.17) is 5.73 Å². The molecule has 1 heterocycles. The minimum absolute atomic E-state index is 0.860. The Kier molecular flexibility index (Phi) is 4.66. The third-order valence-corrected chi connectivity index (χ3v) is 4.54. The van der Waals surface area contributed by atoms with Gasteiger partial charge in [-0.05, 0) is 57.5 Å². The van der Waals surface area contributed by atoms with E-state index in [-0.39, 0.29) is 0 Å². The van der Waals surface area contributed by atoms with Gasteiger partial charge in [-0.15, -0.1) is 0 Å². The van der Waals surface area contributed by atoms with Gasteiger partial charge in [0.15, 0.2) is 0 Å². The summed E-state index contributed by atoms with van der Waals surface area (Å²) >= 11 is 0. The molecule has 1 saturated carbocycles. The Morgan fingerprint density at radius 2 is 2.06 bits per heavy atom. The van der Waals surface area contributed by atoms with Crippen LogP contribution in [-0.2, 0) is 0 Å². The van der Waals surface area contributed by atoms with E-state index in [9.17, 15) is 0 Å². The molecule has 1 saturated heterocycles. The summed E-state index contributed by atoms with van der Waals surface area (Å²) in [5.74, 6) is 0.953. The molecule has 0 radical (unpaired) electrons. The summed E-state index contributed by atoms with van der Waals surface area (Å²) in [6, 6.07) is 1.76. The standard InChI is InChI=1S/C14H28N2/c1-12-5-2-6-14(11-12)16-10-4-8-13(16)7-3-9-15/h12-14H,2-11,15H2,1H3. The summed E-state index contributed by atoms with van der Waals surface area (Å²) in [6.45, 7) is 4.65. The number of nitrogens with two attached hydrogens (primary N) is 1. The zero-order valence-corrected chi connectivity index (χ0v) is 10.8. The van der Waals surface area contributed by atoms with Crippen molar-refractivity contribution in [2.24, 2.45) is 11.7 Å². The van der Waals surface area contributed by atoms with Gasteiger partial charge in [0.1, 0.15) is 0 Å². The van der Waals surface area contributed by atoms with E-state index < -0.39 is 0 Å². The van der Waals surface area contributed by atoms with Gasteiger partial charge in [-0.25, -0.2) is 0 Å². The van der Waals surface area contributed by atoms with E-state index >= 15 is 0 Å². The van der Waals surface area contributed by atoms with E-state index in [1.54, 1.807) is 0 Å². The van der Waals surface area contributed by atoms with Crippen molar-refractivity contribution in [1.29, 1.82) is 0 Å². The van der Waals surface area contributed by atoms with Crippen molar-refractivity contribution >= 4 is 0 Å². The largest absolute Gasteiger partial charge is 0.330 e. The molecule has 2 heteroatoms. The van der Waals surface area contributed by atoms with Crippen LogP contribution in [0.5, 0.6) is 0 Å². The first-order valence-corrected chi connectivity index (χ1v) is 7.27. The van der Waals surface area contributed by atoms with Crippen LogP contribution in [-0.4, -0.2) is 30.1 Å². The summed E-state index contributed by atoms with van der Waals surface area (Å²) in [6.07, 6.45) is 11.2. The van der Waals surface area contributed by atoms with Crippen LogP contribution in [0.25, 0.3) is 0 Å². The zero-order chi connectivity index (χ0) is 11.4. The van der Waals surface area contributed by atoms with Crippen LogP contribution >= 0.6 is 0 Å². The average molecular weight is 224 g/mol. The van der Waals surface area contributed by atoms with Crippen LogP contribution < -0.4 is 5.73 Å². The monoisotopic (exact) mass is 224 g/mol. The predicted octanol–water partition coefficient (Wildman–Crippen LogP) is 2.77. The van der Waals surface area contributed by atoms with Crippen molar-refractivity contribution in [3.63, 3.8) is 0 Å². The summed E-state index contributed by atoms with van der Waals surface area (Å²) < 4.78 is 0. The molecule has 0 bridgehead atoms. The summed E-state index contributed by atoms with van der Waals surface area (Å²) in [7, 11) is 0. The van der Waals surface area contributed by atoms with Gasteiger partial charge in [0.25, 0.3) is 0 Å². The molecule has 3 atom stereocenters. The third-order valence-electron chi connectivity index (χ3n) is 4.54. The highest BCUT2D eigenvalue weighted by molar-refractivity contribution is 4.87. The third kappa shape index (κ3) is 2.98. The van der Waals surface area contributed by atoms with Crippen molar-refractivity contribution in [2.75, 3.05) is 13.1 Å². The maximum absolute atomic E-state index is 5.63. The van der Waals surface area contributed by atoms with Gasteiger partial charge in [0, 0.05) is 12.1 Å². The Bertz CT molecular complexity index is 205. The van der Waals surface area contributed by atoms with Crippen LogP contribution in [0.15, 0.2) is 0 Å². The van der Waals surface area contributed by atoms with Crippen LogP contribution in [0.3, 0.4) is 0 Å². The Morgan fingerprint density at radius 1 is 1.19 bits per heavy atom. The fourth-order valence-corrected chi connectivity index (χ4v) is 3.71. The van der Waals surface area contributed by atoms with E-state index in [1.807, 2.05) is 0 Å². The van der Waals surface area contributed by atoms with Gasteiger partial charge in [-0.3, -0.25) is 4.90 Å². The molecule has 0 aromatic heterocycles. The van der Waals surface area contributed by atoms with E-state index in [2.05, 4.69) is 11.8 Å². The fraction of sp³-hybridized carbons (Fsp3) is 1.00. The summed E-state index contributed by atoms with van der Waals surface area (Å²) in [5, 5.41) is 0. The van der Waals surface area contributed by atoms with Gasteiger partial charge in [-0.2, -0.15) is 0 Å². The molecule has 94 valence electrons. The highest BCUT2D eigenvalue weighted by Crippen LogP contribution is 2.33. The van der Waals surface area contributed by atoms with Crippen LogP contribution in [0.4, 0.5) is 0 Å². The molecule has 2 fully saturated rings. The van der Waals surface area contributed by atoms with Gasteiger partial charge in [0.05, 0.1) is 0 Å². The molecular formula is C14H28N2. The zero-order valence-electron chi connectivity index (χ0n) is 10.8. The van der Waals surface area contributed by atoms with Crippen molar-refractivity contribution in [3.8, 4) is 0 Å². The minimum atomic E-state index is 0.860. The van der Waals surface area contributed by atoms with Crippen molar-refractivity contribution in [1.82, 2.24) is 4.90 Å². The molecule has 2 nitrogen and oxygen atoms in total. The maximum Gasteiger partial charge on any atom is 0.0101 e. The molecule has 2 rings (SSSR count). The van der Waals surface area contributed by atoms with E-state index in [1.165, 1.54) is 57.9 Å². The number of hydrogen-bond acceptors (Lipinski definition) is 2. The Labute approximate surface area is 101 Å². The SMILES string of the molecule is CC1CCCC(N2CCCC2CCCN)C1. The lowest BCUT2D eigenvalue weighted by atomic mass is 9.86. The first kappa shape index (κ1) is 12.4. The molecule has 2 aliphatic rings. The number of nitrogens with zero attached hydrogens (tertiary/aromatic N) is 1. The van der Waals surface area contributed by atoms with Crippen LogP contribution in [0.2, 0.25) is 0 Å². The van der Waals surface area contributed by atoms with Crippen molar-refractivity contribution < 1.29 is 0 Å². The first-order chi connectivity index (χ1) is 7.81. The Balaban J connectivity index is 1.86. The Hall–Kier alpha value is -0.0800. The molecule has 2 N–H and O–H groups in total. The molecule has 16 heavy (non-hydrogen) atoms. The van der Waals surface area contributed by atoms with Crippen molar-refractivity contribution in [3.05, 3.63) is 0 Å². The van der Waals surface area contributed by atoms with Gasteiger partial charge in [0.2, 0.25) is 0 Å². The highest BCUT2D eigenvalue weighted by atomic mass is 15.2. The molecule has 0 aromatic rings. The number of hydrogen-bond donors (Lipinski definition) is 1. The lowest BCUT2D eigenvalue weighted by molar-refractivity contribution is 0.117. The minimum Gasteiger partial charge on any atom is -0.330 e. The molecule has 0 amide bonds. The fourth-order valence-electron chi connectivity index (χ4n) is 3.71. The van der Waals surface area contributed by atoms with Gasteiger partial charge in [-0.1, -0.05) is 19.8 Å². The number of rotatable bonds is 4.